The summed E-state index contributed by atoms with van der Waals surface area (Å²) in [4.78, 5) is 9.45. The molecule has 15 heavy (non-hydrogen) atoms. The second-order valence-electron chi connectivity index (χ2n) is 2.81. The van der Waals surface area contributed by atoms with Crippen LogP contribution in [0.25, 0.3) is 0 Å². The topological polar surface area (TPSA) is 37.8 Å². The van der Waals surface area contributed by atoms with Crippen LogP contribution in [0.2, 0.25) is 0 Å². The van der Waals surface area contributed by atoms with Crippen molar-refractivity contribution in [2.45, 2.75) is 6.54 Å². The van der Waals surface area contributed by atoms with Crippen LogP contribution in [0.5, 0.6) is 0 Å². The van der Waals surface area contributed by atoms with Crippen LogP contribution < -0.4 is 5.32 Å². The smallest absolute Gasteiger partial charge is 0.140 e. The minimum absolute atomic E-state index is 0.748. The summed E-state index contributed by atoms with van der Waals surface area (Å²) in [6.07, 6.45) is 3.62. The highest BCUT2D eigenvalue weighted by atomic mass is 79.9. The normalized spacial score (nSPS) is 10.3. The average molecular weight is 349 g/mol. The van der Waals surface area contributed by atoms with Gasteiger partial charge in [-0.05, 0) is 37.9 Å². The zero-order valence-corrected chi connectivity index (χ0v) is 11.6. The van der Waals surface area contributed by atoms with E-state index in [1.807, 2.05) is 17.8 Å². The summed E-state index contributed by atoms with van der Waals surface area (Å²) in [7, 11) is 0. The van der Waals surface area contributed by atoms with Crippen molar-refractivity contribution in [1.29, 1.82) is 0 Å². The standard InChI is InChI=1S/C9H7Br2N3S/c10-6-1-8(11)9(13-2-6)14-4-7-3-12-5-15-7/h1-3,5H,4H2,(H,13,14). The van der Waals surface area contributed by atoms with E-state index in [1.165, 1.54) is 4.88 Å². The molecule has 0 unspecified atom stereocenters. The van der Waals surface area contributed by atoms with E-state index in [0.29, 0.717) is 0 Å². The molecule has 2 heterocycles. The Morgan fingerprint density at radius 3 is 2.87 bits per heavy atom. The number of pyridine rings is 1. The summed E-state index contributed by atoms with van der Waals surface area (Å²) in [6.45, 7) is 0.748. The number of nitrogens with one attached hydrogen (secondary N) is 1. The molecule has 0 saturated carbocycles. The molecule has 78 valence electrons. The molecule has 0 bridgehead atoms. The predicted molar refractivity (Wildman–Crippen MR) is 69.1 cm³/mol. The average Bonchev–Trinajstić information content (AvgIpc) is 2.69. The molecule has 0 fully saturated rings. The molecular formula is C9H7Br2N3S. The lowest BCUT2D eigenvalue weighted by Gasteiger charge is -2.05. The van der Waals surface area contributed by atoms with Gasteiger partial charge in [-0.15, -0.1) is 11.3 Å². The van der Waals surface area contributed by atoms with Crippen LogP contribution in [0.1, 0.15) is 4.88 Å². The summed E-state index contributed by atoms with van der Waals surface area (Å²) in [5, 5.41) is 3.23. The third-order valence-electron chi connectivity index (χ3n) is 1.72. The molecule has 0 aliphatic rings. The van der Waals surface area contributed by atoms with Gasteiger partial charge >= 0.3 is 0 Å². The molecule has 2 aromatic rings. The summed E-state index contributed by atoms with van der Waals surface area (Å²) in [6, 6.07) is 1.96. The highest BCUT2D eigenvalue weighted by molar-refractivity contribution is 9.11. The number of hydrogen-bond acceptors (Lipinski definition) is 4. The predicted octanol–water partition coefficient (Wildman–Crippen LogP) is 3.68. The van der Waals surface area contributed by atoms with Crippen LogP contribution in [0, 0.1) is 0 Å². The van der Waals surface area contributed by atoms with Gasteiger partial charge in [-0.3, -0.25) is 4.98 Å². The Morgan fingerprint density at radius 1 is 1.33 bits per heavy atom. The fourth-order valence-corrected chi connectivity index (χ4v) is 2.71. The van der Waals surface area contributed by atoms with Gasteiger partial charge in [0.15, 0.2) is 0 Å². The van der Waals surface area contributed by atoms with Gasteiger partial charge in [0.1, 0.15) is 5.82 Å². The zero-order valence-electron chi connectivity index (χ0n) is 7.58. The fraction of sp³-hybridized carbons (Fsp3) is 0.111. The molecule has 0 amide bonds. The monoisotopic (exact) mass is 347 g/mol. The summed E-state index contributed by atoms with van der Waals surface area (Å²) >= 11 is 8.43. The van der Waals surface area contributed by atoms with Gasteiger partial charge in [0.05, 0.1) is 16.5 Å². The third-order valence-corrected chi connectivity index (χ3v) is 3.54. The first-order chi connectivity index (χ1) is 7.25. The Hall–Kier alpha value is -0.460. The van der Waals surface area contributed by atoms with Gasteiger partial charge in [0.2, 0.25) is 0 Å². The van der Waals surface area contributed by atoms with Crippen LogP contribution in [-0.2, 0) is 6.54 Å². The van der Waals surface area contributed by atoms with Gasteiger partial charge in [-0.2, -0.15) is 0 Å². The van der Waals surface area contributed by atoms with E-state index in [4.69, 9.17) is 0 Å². The molecule has 6 heteroatoms. The number of thiazole rings is 1. The molecule has 0 radical (unpaired) electrons. The first-order valence-electron chi connectivity index (χ1n) is 4.18. The Bertz CT molecular complexity index is 445. The molecular weight excluding hydrogens is 342 g/mol. The first-order valence-corrected chi connectivity index (χ1v) is 6.64. The minimum atomic E-state index is 0.748. The second-order valence-corrected chi connectivity index (χ2v) is 5.55. The lowest BCUT2D eigenvalue weighted by Crippen LogP contribution is -2.00. The van der Waals surface area contributed by atoms with E-state index >= 15 is 0 Å². The van der Waals surface area contributed by atoms with Crippen molar-refractivity contribution in [1.82, 2.24) is 9.97 Å². The van der Waals surface area contributed by atoms with Crippen molar-refractivity contribution in [3.63, 3.8) is 0 Å². The Morgan fingerprint density at radius 2 is 2.20 bits per heavy atom. The highest BCUT2D eigenvalue weighted by Crippen LogP contribution is 2.24. The molecule has 0 aliphatic carbocycles. The van der Waals surface area contributed by atoms with Crippen LogP contribution in [0.15, 0.2) is 32.9 Å². The van der Waals surface area contributed by atoms with E-state index in [-0.39, 0.29) is 0 Å². The van der Waals surface area contributed by atoms with Crippen molar-refractivity contribution >= 4 is 49.0 Å². The lowest BCUT2D eigenvalue weighted by atomic mass is 10.4. The Labute approximate surface area is 108 Å². The van der Waals surface area contributed by atoms with E-state index < -0.39 is 0 Å². The van der Waals surface area contributed by atoms with Crippen molar-refractivity contribution in [3.05, 3.63) is 37.8 Å². The molecule has 3 nitrogen and oxygen atoms in total. The van der Waals surface area contributed by atoms with Crippen LogP contribution in [0.4, 0.5) is 5.82 Å². The molecule has 0 spiro atoms. The molecule has 0 atom stereocenters. The van der Waals surface area contributed by atoms with Gasteiger partial charge in [-0.25, -0.2) is 4.98 Å². The maximum absolute atomic E-state index is 4.26. The van der Waals surface area contributed by atoms with Crippen LogP contribution >= 0.6 is 43.2 Å². The highest BCUT2D eigenvalue weighted by Gasteiger charge is 2.02. The van der Waals surface area contributed by atoms with E-state index in [9.17, 15) is 0 Å². The Kier molecular flexibility index (Phi) is 3.71. The minimum Gasteiger partial charge on any atom is -0.364 e. The van der Waals surface area contributed by atoms with Crippen molar-refractivity contribution in [2.75, 3.05) is 5.32 Å². The number of aromatic nitrogens is 2. The number of nitrogens with zero attached hydrogens (tertiary/aromatic N) is 2. The molecule has 0 aromatic carbocycles. The summed E-state index contributed by atoms with van der Waals surface area (Å²) in [5.41, 5.74) is 1.82. The quantitative estimate of drug-likeness (QED) is 0.919. The molecule has 2 rings (SSSR count). The second kappa shape index (κ2) is 5.05. The third kappa shape index (κ3) is 2.99. The fourth-order valence-electron chi connectivity index (χ4n) is 1.04. The lowest BCUT2D eigenvalue weighted by molar-refractivity contribution is 1.12. The number of hydrogen-bond donors (Lipinski definition) is 1. The van der Waals surface area contributed by atoms with Crippen molar-refractivity contribution < 1.29 is 0 Å². The van der Waals surface area contributed by atoms with E-state index in [0.717, 1.165) is 21.3 Å². The Balaban J connectivity index is 2.05. The number of anilines is 1. The van der Waals surface area contributed by atoms with Gasteiger partial charge < -0.3 is 5.32 Å². The van der Waals surface area contributed by atoms with Gasteiger partial charge in [0, 0.05) is 21.7 Å². The maximum Gasteiger partial charge on any atom is 0.140 e. The van der Waals surface area contributed by atoms with Crippen molar-refractivity contribution in [2.24, 2.45) is 0 Å². The zero-order chi connectivity index (χ0) is 10.7. The van der Waals surface area contributed by atoms with E-state index in [1.54, 1.807) is 17.5 Å². The van der Waals surface area contributed by atoms with Crippen molar-refractivity contribution in [3.8, 4) is 0 Å². The SMILES string of the molecule is Brc1cnc(NCc2cncs2)c(Br)c1. The maximum atomic E-state index is 4.26. The largest absolute Gasteiger partial charge is 0.364 e. The number of halogens is 2. The van der Waals surface area contributed by atoms with E-state index in [2.05, 4.69) is 47.1 Å². The van der Waals surface area contributed by atoms with Crippen LogP contribution in [-0.4, -0.2) is 9.97 Å². The molecule has 0 saturated heterocycles. The molecule has 1 N–H and O–H groups in total. The summed E-state index contributed by atoms with van der Waals surface area (Å²) in [5.74, 6) is 0.839. The number of rotatable bonds is 3. The molecule has 2 aromatic heterocycles. The summed E-state index contributed by atoms with van der Waals surface area (Å²) < 4.78 is 1.90. The molecule has 0 aliphatic heterocycles. The van der Waals surface area contributed by atoms with Gasteiger partial charge in [-0.1, -0.05) is 0 Å². The van der Waals surface area contributed by atoms with Crippen LogP contribution in [0.3, 0.4) is 0 Å². The van der Waals surface area contributed by atoms with Gasteiger partial charge in [0.25, 0.3) is 0 Å². The first kappa shape index (κ1) is 11.0.